The molecule has 0 aliphatic heterocycles. The monoisotopic (exact) mass is 962 g/mol. The van der Waals surface area contributed by atoms with Gasteiger partial charge in [-0.15, -0.1) is 0 Å². The second-order valence-corrected chi connectivity index (χ2v) is 16.7. The van der Waals surface area contributed by atoms with Gasteiger partial charge in [-0.1, -0.05) is 104 Å². The molecule has 71 heavy (non-hydrogen) atoms. The van der Waals surface area contributed by atoms with E-state index in [2.05, 4.69) is 37.4 Å². The van der Waals surface area contributed by atoms with Crippen molar-refractivity contribution in [3.05, 3.63) is 192 Å². The molecule has 4 atom stereocenters. The maximum Gasteiger partial charge on any atom is 0.336 e. The zero-order chi connectivity index (χ0) is 50.7. The average molecular weight is 963 g/mol. The predicted octanol–water partition coefficient (Wildman–Crippen LogP) is 8.01. The highest BCUT2D eigenvalue weighted by atomic mass is 16.6. The van der Waals surface area contributed by atoms with Gasteiger partial charge in [0.25, 0.3) is 0 Å². The molecule has 2 aliphatic carbocycles. The van der Waals surface area contributed by atoms with Crippen LogP contribution in [0.2, 0.25) is 0 Å². The lowest BCUT2D eigenvalue weighted by atomic mass is 9.68. The Bertz CT molecular complexity index is 2830. The molecule has 7 rings (SSSR count). The van der Waals surface area contributed by atoms with Crippen LogP contribution in [-0.2, 0) is 43.5 Å². The molecule has 4 unspecified atom stereocenters. The third kappa shape index (κ3) is 11.4. The molecular formula is C56H50O15. The fourth-order valence-electron chi connectivity index (χ4n) is 8.79. The van der Waals surface area contributed by atoms with Gasteiger partial charge in [0.05, 0.1) is 22.8 Å². The molecule has 0 saturated heterocycles. The molecular weight excluding hydrogens is 913 g/mol. The van der Waals surface area contributed by atoms with E-state index in [1.165, 1.54) is 19.1 Å². The van der Waals surface area contributed by atoms with E-state index in [4.69, 9.17) is 28.4 Å². The predicted molar refractivity (Wildman–Crippen MR) is 257 cm³/mol. The Labute approximate surface area is 408 Å². The van der Waals surface area contributed by atoms with E-state index < -0.39 is 71.7 Å². The summed E-state index contributed by atoms with van der Waals surface area (Å²) in [5.74, 6) is -6.79. The summed E-state index contributed by atoms with van der Waals surface area (Å²) in [6.45, 7) is 6.46. The van der Waals surface area contributed by atoms with Crippen LogP contribution in [0.5, 0.6) is 11.5 Å². The minimum atomic E-state index is -1.39. The molecule has 364 valence electrons. The first-order chi connectivity index (χ1) is 34.2. The van der Waals surface area contributed by atoms with E-state index in [0.717, 1.165) is 51.6 Å². The van der Waals surface area contributed by atoms with Gasteiger partial charge in [-0.2, -0.15) is 0 Å². The molecule has 0 amide bonds. The van der Waals surface area contributed by atoms with Crippen molar-refractivity contribution in [2.45, 2.75) is 37.4 Å². The number of ketones is 2. The second-order valence-electron chi connectivity index (χ2n) is 16.7. The zero-order valence-electron chi connectivity index (χ0n) is 38.7. The van der Waals surface area contributed by atoms with Crippen molar-refractivity contribution < 1.29 is 72.2 Å². The van der Waals surface area contributed by atoms with E-state index in [0.29, 0.717) is 11.5 Å². The summed E-state index contributed by atoms with van der Waals surface area (Å²) in [6.07, 6.45) is 3.74. The van der Waals surface area contributed by atoms with E-state index in [-0.39, 0.29) is 61.7 Å². The molecule has 0 saturated carbocycles. The number of esters is 3. The van der Waals surface area contributed by atoms with Crippen LogP contribution in [0, 0.1) is 11.8 Å². The molecule has 2 N–H and O–H groups in total. The highest BCUT2D eigenvalue weighted by Gasteiger charge is 2.46. The number of carbonyl (C=O) groups is 7. The standard InChI is InChI=1S/C56H50O15/c1-4-51(59)69-30-40(68-33-50(58)44-27-18-35(34(3)57)28-47(44)54(63)64)29-66-38-23-19-36(20-24-38)56(48-16-10-8-12-42(48)43-13-9-11-17-49(43)56)37-21-25-39(26-22-37)67-31-41(32-70-52(60)5-2)71-55(65)46-15-7-6-14-45(46)53(61)62/h4-13,16-28,40-41,45-46H,1-2,14-15,29-33H2,3H3,(H,61,62)(H,63,64). The summed E-state index contributed by atoms with van der Waals surface area (Å²) in [5.41, 5.74) is 4.64. The number of carboxylic acids is 2. The highest BCUT2D eigenvalue weighted by molar-refractivity contribution is 6.08. The lowest BCUT2D eigenvalue weighted by molar-refractivity contribution is -0.167. The van der Waals surface area contributed by atoms with Crippen LogP contribution in [0.15, 0.2) is 153 Å². The summed E-state index contributed by atoms with van der Waals surface area (Å²) in [6, 6.07) is 34.9. The molecule has 15 nitrogen and oxygen atoms in total. The number of benzene rings is 5. The van der Waals surface area contributed by atoms with Gasteiger partial charge in [-0.25, -0.2) is 14.4 Å². The minimum absolute atomic E-state index is 0.131. The third-order valence-corrected chi connectivity index (χ3v) is 12.3. The van der Waals surface area contributed by atoms with Crippen molar-refractivity contribution in [1.82, 2.24) is 0 Å². The quantitative estimate of drug-likeness (QED) is 0.0204. The van der Waals surface area contributed by atoms with E-state index >= 15 is 0 Å². The number of aliphatic carboxylic acids is 1. The molecule has 2 aliphatic rings. The first kappa shape index (κ1) is 50.4. The molecule has 0 aromatic heterocycles. The number of Topliss-reactive ketones (excluding diaryl/α,β-unsaturated/α-hetero) is 2. The van der Waals surface area contributed by atoms with Gasteiger partial charge >= 0.3 is 29.8 Å². The number of ether oxygens (including phenoxy) is 6. The molecule has 0 heterocycles. The van der Waals surface area contributed by atoms with Crippen LogP contribution in [-0.4, -0.2) is 96.9 Å². The molecule has 0 bridgehead atoms. The normalized spacial score (nSPS) is 15.9. The highest BCUT2D eigenvalue weighted by Crippen LogP contribution is 2.56. The van der Waals surface area contributed by atoms with Crippen molar-refractivity contribution in [2.75, 3.05) is 33.0 Å². The van der Waals surface area contributed by atoms with E-state index in [9.17, 15) is 43.8 Å². The molecule has 15 heteroatoms. The Morgan fingerprint density at radius 3 is 1.65 bits per heavy atom. The number of hydrogen-bond acceptors (Lipinski definition) is 13. The van der Waals surface area contributed by atoms with Crippen LogP contribution >= 0.6 is 0 Å². The Kier molecular flexibility index (Phi) is 16.2. The smallest absolute Gasteiger partial charge is 0.336 e. The van der Waals surface area contributed by atoms with E-state index in [1.54, 1.807) is 36.4 Å². The average Bonchev–Trinajstić information content (AvgIpc) is 3.69. The van der Waals surface area contributed by atoms with Crippen molar-refractivity contribution in [2.24, 2.45) is 11.8 Å². The number of carbonyl (C=O) groups excluding carboxylic acids is 5. The lowest BCUT2D eigenvalue weighted by Gasteiger charge is -2.34. The van der Waals surface area contributed by atoms with Crippen LogP contribution in [0.1, 0.15) is 73.1 Å². The van der Waals surface area contributed by atoms with Crippen LogP contribution in [0.4, 0.5) is 0 Å². The zero-order valence-corrected chi connectivity index (χ0v) is 38.7. The number of carboxylic acid groups (broad SMARTS) is 2. The molecule has 0 fully saturated rings. The third-order valence-electron chi connectivity index (χ3n) is 12.3. The summed E-state index contributed by atoms with van der Waals surface area (Å²) < 4.78 is 34.3. The maximum atomic E-state index is 13.3. The van der Waals surface area contributed by atoms with Crippen LogP contribution in [0.25, 0.3) is 11.1 Å². The Morgan fingerprint density at radius 1 is 0.634 bits per heavy atom. The van der Waals surface area contributed by atoms with Gasteiger partial charge in [0.15, 0.2) is 17.7 Å². The van der Waals surface area contributed by atoms with Crippen molar-refractivity contribution in [3.63, 3.8) is 0 Å². The summed E-state index contributed by atoms with van der Waals surface area (Å²) in [5, 5.41) is 19.5. The second kappa shape index (κ2) is 22.8. The van der Waals surface area contributed by atoms with Gasteiger partial charge < -0.3 is 38.6 Å². The Morgan fingerprint density at radius 2 is 1.14 bits per heavy atom. The number of hydrogen-bond donors (Lipinski definition) is 2. The summed E-state index contributed by atoms with van der Waals surface area (Å²) >= 11 is 0. The largest absolute Gasteiger partial charge is 0.491 e. The van der Waals surface area contributed by atoms with Gasteiger partial charge in [0.1, 0.15) is 50.6 Å². The lowest BCUT2D eigenvalue weighted by Crippen LogP contribution is -2.37. The topological polar surface area (TPSA) is 215 Å². The van der Waals surface area contributed by atoms with Gasteiger partial charge in [0.2, 0.25) is 0 Å². The summed E-state index contributed by atoms with van der Waals surface area (Å²) in [7, 11) is 0. The van der Waals surface area contributed by atoms with Crippen LogP contribution < -0.4 is 9.47 Å². The first-order valence-electron chi connectivity index (χ1n) is 22.6. The van der Waals surface area contributed by atoms with Crippen molar-refractivity contribution in [1.29, 1.82) is 0 Å². The number of fused-ring (bicyclic) bond motifs is 3. The Balaban J connectivity index is 1.12. The van der Waals surface area contributed by atoms with Gasteiger partial charge in [-0.3, -0.25) is 19.2 Å². The minimum Gasteiger partial charge on any atom is -0.491 e. The molecule has 0 spiro atoms. The summed E-state index contributed by atoms with van der Waals surface area (Å²) in [4.78, 5) is 86.4. The SMILES string of the molecule is C=CC(=O)OCC(COc1ccc(C2(c3ccc(OCC(COC(=O)C=C)OC(=O)C4CC=CCC4C(=O)O)cc3)c3ccccc3-c3ccccc32)cc1)OCC(=O)c1ccc(C(C)=O)cc1C(=O)O. The Hall–Kier alpha value is -8.43. The molecule has 0 radical (unpaired) electrons. The maximum absolute atomic E-state index is 13.3. The van der Waals surface area contributed by atoms with E-state index in [1.807, 2.05) is 48.5 Å². The fourth-order valence-corrected chi connectivity index (χ4v) is 8.79. The van der Waals surface area contributed by atoms with Crippen molar-refractivity contribution >= 4 is 41.4 Å². The van der Waals surface area contributed by atoms with Gasteiger partial charge in [0, 0.05) is 23.3 Å². The fraction of sp³-hybridized carbons (Fsp3) is 0.232. The molecule has 5 aromatic carbocycles. The number of allylic oxidation sites excluding steroid dienone is 2. The first-order valence-corrected chi connectivity index (χ1v) is 22.6. The number of aromatic carboxylic acids is 1. The van der Waals surface area contributed by atoms with Gasteiger partial charge in [-0.05, 0) is 89.5 Å². The van der Waals surface area contributed by atoms with Crippen molar-refractivity contribution in [3.8, 4) is 22.6 Å². The number of rotatable bonds is 23. The van der Waals surface area contributed by atoms with Crippen LogP contribution in [0.3, 0.4) is 0 Å². The molecule has 5 aromatic rings.